The van der Waals surface area contributed by atoms with Crippen LogP contribution in [0.15, 0.2) is 66.8 Å². The lowest BCUT2D eigenvalue weighted by molar-refractivity contribution is -0.132. The fraction of sp³-hybridized carbons (Fsp3) is 0.290. The van der Waals surface area contributed by atoms with Gasteiger partial charge in [0.25, 0.3) is 5.78 Å². The second-order valence-electron chi connectivity index (χ2n) is 9.29. The lowest BCUT2D eigenvalue weighted by atomic mass is 9.94. The second kappa shape index (κ2) is 12.7. The number of anilines is 1. The number of thiazole rings is 1. The van der Waals surface area contributed by atoms with Crippen molar-refractivity contribution < 1.29 is 29.0 Å². The van der Waals surface area contributed by atoms with Crippen LogP contribution in [-0.2, 0) is 20.7 Å². The fourth-order valence-electron chi connectivity index (χ4n) is 4.35. The molecule has 1 aromatic heterocycles. The number of benzene rings is 2. The molecule has 208 valence electrons. The number of aromatic nitrogens is 1. The Balaban J connectivity index is 1.80. The topological polar surface area (TPSA) is 106 Å². The van der Waals surface area contributed by atoms with E-state index in [2.05, 4.69) is 18.5 Å². The number of rotatable bonds is 11. The summed E-state index contributed by atoms with van der Waals surface area (Å²) in [5, 5.41) is 11.6. The molecule has 9 heteroatoms. The van der Waals surface area contributed by atoms with E-state index in [9.17, 15) is 19.5 Å². The van der Waals surface area contributed by atoms with Crippen molar-refractivity contribution in [2.24, 2.45) is 0 Å². The zero-order valence-corrected chi connectivity index (χ0v) is 23.6. The Morgan fingerprint density at radius 1 is 1.12 bits per heavy atom. The minimum absolute atomic E-state index is 0.0300. The molecule has 0 aliphatic carbocycles. The maximum atomic E-state index is 13.5. The summed E-state index contributed by atoms with van der Waals surface area (Å²) in [5.74, 6) is -1.93. The maximum Gasteiger partial charge on any atom is 0.350 e. The van der Waals surface area contributed by atoms with Crippen molar-refractivity contribution in [1.82, 2.24) is 4.98 Å². The molecule has 1 saturated heterocycles. The van der Waals surface area contributed by atoms with Crippen LogP contribution >= 0.6 is 11.3 Å². The van der Waals surface area contributed by atoms with Gasteiger partial charge >= 0.3 is 11.9 Å². The number of Topliss-reactive ketones (excluding diaryl/α,β-unsaturated/α-hetero) is 1. The monoisotopic (exact) mass is 560 g/mol. The summed E-state index contributed by atoms with van der Waals surface area (Å²) in [7, 11) is 0. The molecule has 0 spiro atoms. The largest absolute Gasteiger partial charge is 0.507 e. The highest BCUT2D eigenvalue weighted by atomic mass is 32.1. The van der Waals surface area contributed by atoms with Crippen LogP contribution in [0.2, 0.25) is 0 Å². The van der Waals surface area contributed by atoms with E-state index in [1.807, 2.05) is 31.2 Å². The first kappa shape index (κ1) is 28.8. The lowest BCUT2D eigenvalue weighted by Crippen LogP contribution is -2.29. The van der Waals surface area contributed by atoms with E-state index in [4.69, 9.17) is 9.47 Å². The highest BCUT2D eigenvalue weighted by molar-refractivity contribution is 7.17. The molecule has 1 aliphatic heterocycles. The van der Waals surface area contributed by atoms with Crippen LogP contribution in [0.4, 0.5) is 5.13 Å². The van der Waals surface area contributed by atoms with E-state index in [1.54, 1.807) is 31.2 Å². The molecule has 0 bridgehead atoms. The van der Waals surface area contributed by atoms with E-state index in [0.29, 0.717) is 29.2 Å². The molecular weight excluding hydrogens is 528 g/mol. The molecule has 8 nitrogen and oxygen atoms in total. The van der Waals surface area contributed by atoms with Gasteiger partial charge in [-0.15, -0.1) is 0 Å². The molecule has 4 rings (SSSR count). The third kappa shape index (κ3) is 5.84. The number of aliphatic hydroxyl groups excluding tert-OH is 1. The van der Waals surface area contributed by atoms with E-state index in [-0.39, 0.29) is 27.9 Å². The summed E-state index contributed by atoms with van der Waals surface area (Å²) in [6.07, 6.45) is 4.20. The van der Waals surface area contributed by atoms with Crippen LogP contribution in [0.5, 0.6) is 5.75 Å². The maximum absolute atomic E-state index is 13.5. The Morgan fingerprint density at radius 2 is 1.82 bits per heavy atom. The second-order valence-corrected chi connectivity index (χ2v) is 10.3. The molecule has 2 heterocycles. The minimum atomic E-state index is -0.950. The summed E-state index contributed by atoms with van der Waals surface area (Å²) in [4.78, 5) is 45.4. The van der Waals surface area contributed by atoms with Gasteiger partial charge in [0.2, 0.25) is 0 Å². The van der Waals surface area contributed by atoms with Crippen molar-refractivity contribution in [3.63, 3.8) is 0 Å². The summed E-state index contributed by atoms with van der Waals surface area (Å²) >= 11 is 0.960. The van der Waals surface area contributed by atoms with Gasteiger partial charge in [-0.05, 0) is 55.2 Å². The number of aliphatic hydroxyl groups is 1. The molecule has 1 amide bonds. The predicted octanol–water partition coefficient (Wildman–Crippen LogP) is 6.16. The van der Waals surface area contributed by atoms with Crippen molar-refractivity contribution in [1.29, 1.82) is 0 Å². The van der Waals surface area contributed by atoms with Gasteiger partial charge in [-0.25, -0.2) is 9.78 Å². The third-order valence-electron chi connectivity index (χ3n) is 6.55. The smallest absolute Gasteiger partial charge is 0.350 e. The number of carbonyl (C=O) groups is 3. The molecule has 0 radical (unpaired) electrons. The van der Waals surface area contributed by atoms with E-state index < -0.39 is 23.7 Å². The van der Waals surface area contributed by atoms with Gasteiger partial charge in [0.05, 0.1) is 23.9 Å². The number of nitrogens with zero attached hydrogens (tertiary/aromatic N) is 2. The van der Waals surface area contributed by atoms with E-state index >= 15 is 0 Å². The molecule has 40 heavy (non-hydrogen) atoms. The van der Waals surface area contributed by atoms with Gasteiger partial charge < -0.3 is 14.6 Å². The van der Waals surface area contributed by atoms with Crippen molar-refractivity contribution in [3.8, 4) is 5.75 Å². The number of esters is 1. The number of hydrogen-bond donors (Lipinski definition) is 1. The first-order valence-electron chi connectivity index (χ1n) is 13.2. The molecule has 1 aliphatic rings. The minimum Gasteiger partial charge on any atom is -0.507 e. The van der Waals surface area contributed by atoms with Crippen molar-refractivity contribution in [2.45, 2.75) is 46.1 Å². The number of ether oxygens (including phenoxy) is 2. The van der Waals surface area contributed by atoms with Gasteiger partial charge in [0.15, 0.2) is 5.13 Å². The number of ketones is 1. The first-order chi connectivity index (χ1) is 19.3. The number of carbonyl (C=O) groups excluding carboxylic acids is 3. The van der Waals surface area contributed by atoms with Crippen LogP contribution in [0, 0.1) is 6.92 Å². The Kier molecular flexibility index (Phi) is 9.16. The summed E-state index contributed by atoms with van der Waals surface area (Å²) in [6.45, 7) is 9.90. The Labute approximate surface area is 237 Å². The van der Waals surface area contributed by atoms with Gasteiger partial charge in [0.1, 0.15) is 23.0 Å². The summed E-state index contributed by atoms with van der Waals surface area (Å²) in [6, 6.07) is 13.3. The molecule has 2 aromatic carbocycles. The van der Waals surface area contributed by atoms with Crippen molar-refractivity contribution in [3.05, 3.63) is 94.0 Å². The summed E-state index contributed by atoms with van der Waals surface area (Å²) < 4.78 is 10.9. The number of unbranched alkanes of at least 4 members (excludes halogenated alkanes) is 1. The fourth-order valence-corrected chi connectivity index (χ4v) is 5.34. The average Bonchev–Trinajstić information content (AvgIpc) is 3.48. The number of hydrogen-bond acceptors (Lipinski definition) is 8. The highest BCUT2D eigenvalue weighted by Crippen LogP contribution is 2.44. The Hall–Kier alpha value is -4.24. The molecule has 1 atom stereocenters. The number of aryl methyl sites for hydroxylation is 2. The van der Waals surface area contributed by atoms with Crippen LogP contribution in [-0.4, -0.2) is 41.0 Å². The molecule has 3 aromatic rings. The zero-order chi connectivity index (χ0) is 28.8. The molecular formula is C31H32N2O6S. The lowest BCUT2D eigenvalue weighted by Gasteiger charge is -2.23. The van der Waals surface area contributed by atoms with Crippen LogP contribution in [0.25, 0.3) is 5.76 Å². The van der Waals surface area contributed by atoms with Crippen LogP contribution in [0.3, 0.4) is 0 Å². The quantitative estimate of drug-likeness (QED) is 0.0747. The average molecular weight is 561 g/mol. The molecule has 0 unspecified atom stereocenters. The zero-order valence-electron chi connectivity index (χ0n) is 22.8. The van der Waals surface area contributed by atoms with Crippen molar-refractivity contribution in [2.75, 3.05) is 18.1 Å². The molecule has 0 saturated carbocycles. The number of amides is 1. The van der Waals surface area contributed by atoms with E-state index in [0.717, 1.165) is 36.2 Å². The van der Waals surface area contributed by atoms with Crippen molar-refractivity contribution >= 4 is 39.9 Å². The molecule has 1 fully saturated rings. The summed E-state index contributed by atoms with van der Waals surface area (Å²) in [5.41, 5.74) is 2.39. The van der Waals surface area contributed by atoms with Gasteiger partial charge in [-0.1, -0.05) is 68.5 Å². The first-order valence-corrected chi connectivity index (χ1v) is 14.0. The Morgan fingerprint density at radius 3 is 2.45 bits per heavy atom. The third-order valence-corrected chi connectivity index (χ3v) is 7.69. The van der Waals surface area contributed by atoms with Crippen LogP contribution in [0.1, 0.15) is 64.8 Å². The predicted molar refractivity (Wildman–Crippen MR) is 155 cm³/mol. The Bertz CT molecular complexity index is 1440. The van der Waals surface area contributed by atoms with Gasteiger partial charge in [-0.2, -0.15) is 0 Å². The molecule has 1 N–H and O–H groups in total. The normalized spacial score (nSPS) is 16.3. The van der Waals surface area contributed by atoms with Crippen LogP contribution < -0.4 is 9.64 Å². The standard InChI is InChI=1S/C31H32N2O6S/c1-5-8-18-38-23-15-13-22(14-16-23)26(34)24-25(21-11-9-20(7-3)10-12-21)33(29(36)27(24)35)31-32-19(4)28(40-31)30(37)39-17-6-2/h6,9-16,25,34H,2,5,7-8,17-18H2,1,3-4H3/t25-/m0/s1. The SMILES string of the molecule is C=CCOC(=O)c1sc(N2C(=O)C(=O)C(=C(O)c3ccc(OCCCC)cc3)[C@@H]2c2ccc(CC)cc2)nc1C. The van der Waals surface area contributed by atoms with Gasteiger partial charge in [0, 0.05) is 5.56 Å². The van der Waals surface area contributed by atoms with E-state index in [1.165, 1.54) is 11.0 Å². The highest BCUT2D eigenvalue weighted by Gasteiger charge is 2.48. The van der Waals surface area contributed by atoms with Gasteiger partial charge in [-0.3, -0.25) is 14.5 Å².